The summed E-state index contributed by atoms with van der Waals surface area (Å²) >= 11 is 10.4. The Morgan fingerprint density at radius 3 is 2.75 bits per heavy atom. The first-order valence-corrected chi connectivity index (χ1v) is 11.3. The summed E-state index contributed by atoms with van der Waals surface area (Å²) in [5.41, 5.74) is 1.96. The fourth-order valence-electron chi connectivity index (χ4n) is 3.99. The molecule has 146 valence electrons. The van der Waals surface area contributed by atoms with E-state index in [0.717, 1.165) is 46.2 Å². The van der Waals surface area contributed by atoms with E-state index in [1.165, 1.54) is 11.8 Å². The van der Waals surface area contributed by atoms with E-state index < -0.39 is 0 Å². The standard InChI is InChI=1S/C20H20BrN3O2S2/c21-15-4-6-16(7-5-15)22-18(25)12-28-20(27)23-9-13-8-14(11-23)17-2-1-3-19(26)24(17)10-13/h1-7,13-14H,8-12H2,(H,22,25)/t13-,14+/m0/s1. The van der Waals surface area contributed by atoms with Crippen LogP contribution in [0.5, 0.6) is 0 Å². The number of hydrogen-bond donors (Lipinski definition) is 1. The van der Waals surface area contributed by atoms with Crippen LogP contribution in [0.1, 0.15) is 18.0 Å². The number of pyridine rings is 1. The van der Waals surface area contributed by atoms with E-state index in [2.05, 4.69) is 26.1 Å². The highest BCUT2D eigenvalue weighted by Crippen LogP contribution is 2.36. The molecule has 2 aliphatic heterocycles. The van der Waals surface area contributed by atoms with E-state index in [1.807, 2.05) is 41.0 Å². The Kier molecular flexibility index (Phi) is 5.89. The highest BCUT2D eigenvalue weighted by Gasteiger charge is 2.35. The lowest BCUT2D eigenvalue weighted by Crippen LogP contribution is -2.48. The van der Waals surface area contributed by atoms with Gasteiger partial charge in [-0.1, -0.05) is 46.0 Å². The minimum absolute atomic E-state index is 0.0660. The van der Waals surface area contributed by atoms with Gasteiger partial charge in [-0.25, -0.2) is 0 Å². The van der Waals surface area contributed by atoms with Crippen LogP contribution < -0.4 is 10.9 Å². The van der Waals surface area contributed by atoms with Crippen LogP contribution in [0.15, 0.2) is 51.7 Å². The molecule has 0 spiro atoms. The number of fused-ring (bicyclic) bond motifs is 4. The predicted octanol–water partition coefficient (Wildman–Crippen LogP) is 3.69. The van der Waals surface area contributed by atoms with Crippen LogP contribution in [-0.2, 0) is 11.3 Å². The first kappa shape index (κ1) is 19.7. The second-order valence-electron chi connectivity index (χ2n) is 7.21. The number of carbonyl (C=O) groups excluding carboxylic acids is 1. The smallest absolute Gasteiger partial charge is 0.250 e. The predicted molar refractivity (Wildman–Crippen MR) is 121 cm³/mol. The second kappa shape index (κ2) is 8.39. The van der Waals surface area contributed by atoms with E-state index in [1.54, 1.807) is 6.07 Å². The van der Waals surface area contributed by atoms with Crippen molar-refractivity contribution in [3.63, 3.8) is 0 Å². The first-order valence-electron chi connectivity index (χ1n) is 9.16. The average Bonchev–Trinajstić information content (AvgIpc) is 2.68. The van der Waals surface area contributed by atoms with Gasteiger partial charge in [0.05, 0.1) is 5.75 Å². The lowest BCUT2D eigenvalue weighted by atomic mass is 9.83. The zero-order valence-electron chi connectivity index (χ0n) is 15.1. The van der Waals surface area contributed by atoms with E-state index >= 15 is 0 Å². The largest absolute Gasteiger partial charge is 0.356 e. The normalized spacial score (nSPS) is 20.4. The molecule has 2 atom stereocenters. The van der Waals surface area contributed by atoms with Gasteiger partial charge in [0, 0.05) is 47.5 Å². The Morgan fingerprint density at radius 2 is 1.96 bits per heavy atom. The van der Waals surface area contributed by atoms with Crippen molar-refractivity contribution in [2.45, 2.75) is 18.9 Å². The lowest BCUT2D eigenvalue weighted by molar-refractivity contribution is -0.113. The number of carbonyl (C=O) groups is 1. The number of benzene rings is 1. The molecule has 28 heavy (non-hydrogen) atoms. The zero-order valence-corrected chi connectivity index (χ0v) is 18.4. The summed E-state index contributed by atoms with van der Waals surface area (Å²) in [4.78, 5) is 26.6. The molecular weight excluding hydrogens is 458 g/mol. The number of amides is 1. The molecule has 1 saturated heterocycles. The SMILES string of the molecule is O=C(CSC(=S)N1C[C@@H]2C[C@H](C1)c1cccc(=O)n1C2)Nc1ccc(Br)cc1. The number of nitrogens with one attached hydrogen (secondary N) is 1. The molecule has 1 aromatic heterocycles. The Morgan fingerprint density at radius 1 is 1.18 bits per heavy atom. The number of halogens is 1. The molecule has 3 heterocycles. The summed E-state index contributed by atoms with van der Waals surface area (Å²) < 4.78 is 3.64. The van der Waals surface area contributed by atoms with E-state index in [4.69, 9.17) is 12.2 Å². The van der Waals surface area contributed by atoms with E-state index in [9.17, 15) is 9.59 Å². The maximum absolute atomic E-state index is 12.2. The number of aromatic nitrogens is 1. The fraction of sp³-hybridized carbons (Fsp3) is 0.350. The van der Waals surface area contributed by atoms with Crippen LogP contribution in [0.3, 0.4) is 0 Å². The topological polar surface area (TPSA) is 54.3 Å². The van der Waals surface area contributed by atoms with Gasteiger partial charge >= 0.3 is 0 Å². The molecule has 0 saturated carbocycles. The van der Waals surface area contributed by atoms with Gasteiger partial charge in [-0.15, -0.1) is 0 Å². The third kappa shape index (κ3) is 4.34. The van der Waals surface area contributed by atoms with Crippen molar-refractivity contribution in [3.05, 3.63) is 63.0 Å². The van der Waals surface area contributed by atoms with Crippen LogP contribution in [-0.4, -0.2) is 38.5 Å². The Bertz CT molecular complexity index is 961. The Balaban J connectivity index is 1.34. The fourth-order valence-corrected chi connectivity index (χ4v) is 5.24. The number of thioether (sulfide) groups is 1. The second-order valence-corrected chi connectivity index (χ2v) is 9.74. The van der Waals surface area contributed by atoms with Crippen LogP contribution in [0, 0.1) is 5.92 Å². The van der Waals surface area contributed by atoms with Crippen LogP contribution >= 0.6 is 39.9 Å². The minimum Gasteiger partial charge on any atom is -0.356 e. The molecule has 1 aromatic carbocycles. The van der Waals surface area contributed by atoms with Crippen molar-refractivity contribution in [1.29, 1.82) is 0 Å². The molecule has 1 N–H and O–H groups in total. The van der Waals surface area contributed by atoms with Crippen molar-refractivity contribution in [2.75, 3.05) is 24.2 Å². The van der Waals surface area contributed by atoms with Crippen LogP contribution in [0.4, 0.5) is 5.69 Å². The summed E-state index contributed by atoms with van der Waals surface area (Å²) in [5.74, 6) is 0.957. The number of anilines is 1. The molecule has 1 amide bonds. The molecule has 2 bridgehead atoms. The summed E-state index contributed by atoms with van der Waals surface area (Å²) in [5, 5.41) is 2.89. The maximum atomic E-state index is 12.2. The number of likely N-dealkylation sites (tertiary alicyclic amines) is 1. The molecular formula is C20H20BrN3O2S2. The molecule has 8 heteroatoms. The molecule has 2 aliphatic rings. The van der Waals surface area contributed by atoms with Crippen molar-refractivity contribution in [2.24, 2.45) is 5.92 Å². The van der Waals surface area contributed by atoms with Crippen molar-refractivity contribution in [1.82, 2.24) is 9.47 Å². The summed E-state index contributed by atoms with van der Waals surface area (Å²) in [6.07, 6.45) is 1.09. The molecule has 1 fully saturated rings. The molecule has 4 rings (SSSR count). The monoisotopic (exact) mass is 477 g/mol. The number of thiocarbonyl (C=S) groups is 1. The summed E-state index contributed by atoms with van der Waals surface area (Å²) in [6, 6.07) is 13.0. The highest BCUT2D eigenvalue weighted by molar-refractivity contribution is 9.10. The molecule has 0 unspecified atom stereocenters. The van der Waals surface area contributed by atoms with Gasteiger partial charge in [-0.3, -0.25) is 9.59 Å². The number of nitrogens with zero attached hydrogens (tertiary/aromatic N) is 2. The van der Waals surface area contributed by atoms with Crippen molar-refractivity contribution < 1.29 is 4.79 Å². The van der Waals surface area contributed by atoms with Gasteiger partial charge in [0.1, 0.15) is 4.32 Å². The molecule has 0 aliphatic carbocycles. The molecule has 2 aromatic rings. The van der Waals surface area contributed by atoms with E-state index in [0.29, 0.717) is 11.8 Å². The number of rotatable bonds is 3. The highest BCUT2D eigenvalue weighted by atomic mass is 79.9. The minimum atomic E-state index is -0.0660. The van der Waals surface area contributed by atoms with E-state index in [-0.39, 0.29) is 17.2 Å². The number of hydrogen-bond acceptors (Lipinski definition) is 4. The molecule has 5 nitrogen and oxygen atoms in total. The third-order valence-electron chi connectivity index (χ3n) is 5.19. The van der Waals surface area contributed by atoms with Crippen molar-refractivity contribution in [3.8, 4) is 0 Å². The van der Waals surface area contributed by atoms with Crippen LogP contribution in [0.25, 0.3) is 0 Å². The number of piperidine rings is 1. The Labute approximate surface area is 181 Å². The molecule has 0 radical (unpaired) electrons. The van der Waals surface area contributed by atoms with Gasteiger partial charge in [-0.2, -0.15) is 0 Å². The summed E-state index contributed by atoms with van der Waals surface area (Å²) in [7, 11) is 0. The average molecular weight is 478 g/mol. The van der Waals surface area contributed by atoms with Crippen LogP contribution in [0.2, 0.25) is 0 Å². The van der Waals surface area contributed by atoms with Gasteiger partial charge in [0.25, 0.3) is 5.56 Å². The summed E-state index contributed by atoms with van der Waals surface area (Å²) in [6.45, 7) is 2.40. The van der Waals surface area contributed by atoms with Gasteiger partial charge in [0.2, 0.25) is 5.91 Å². The van der Waals surface area contributed by atoms with Gasteiger partial charge < -0.3 is 14.8 Å². The maximum Gasteiger partial charge on any atom is 0.250 e. The van der Waals surface area contributed by atoms with Gasteiger partial charge in [0.15, 0.2) is 0 Å². The van der Waals surface area contributed by atoms with Gasteiger partial charge in [-0.05, 0) is 42.7 Å². The lowest BCUT2D eigenvalue weighted by Gasteiger charge is -2.43. The quantitative estimate of drug-likeness (QED) is 0.683. The zero-order chi connectivity index (χ0) is 19.7. The van der Waals surface area contributed by atoms with Crippen molar-refractivity contribution >= 4 is 55.8 Å². The first-order chi connectivity index (χ1) is 13.5. The third-order valence-corrected chi connectivity index (χ3v) is 7.24. The Hall–Kier alpha value is -1.64.